The summed E-state index contributed by atoms with van der Waals surface area (Å²) in [4.78, 5) is 2.45. The number of rotatable bonds is 4. The van der Waals surface area contributed by atoms with Gasteiger partial charge in [0.25, 0.3) is 0 Å². The first-order valence-electron chi connectivity index (χ1n) is 5.30. The van der Waals surface area contributed by atoms with E-state index in [0.717, 1.165) is 18.3 Å². The van der Waals surface area contributed by atoms with E-state index in [4.69, 9.17) is 5.26 Å². The average molecular weight is 180 g/mol. The second-order valence-electron chi connectivity index (χ2n) is 4.38. The molecule has 74 valence electrons. The summed E-state index contributed by atoms with van der Waals surface area (Å²) < 4.78 is 0. The van der Waals surface area contributed by atoms with Crippen LogP contribution in [0.15, 0.2) is 0 Å². The van der Waals surface area contributed by atoms with E-state index < -0.39 is 0 Å². The van der Waals surface area contributed by atoms with E-state index in [2.05, 4.69) is 31.7 Å². The fourth-order valence-corrected chi connectivity index (χ4v) is 1.91. The molecule has 0 radical (unpaired) electrons. The van der Waals surface area contributed by atoms with Gasteiger partial charge >= 0.3 is 0 Å². The summed E-state index contributed by atoms with van der Waals surface area (Å²) >= 11 is 0. The van der Waals surface area contributed by atoms with Crippen molar-refractivity contribution >= 4 is 0 Å². The fourth-order valence-electron chi connectivity index (χ4n) is 1.91. The Morgan fingerprint density at radius 1 is 1.46 bits per heavy atom. The number of nitriles is 1. The van der Waals surface area contributed by atoms with Crippen LogP contribution < -0.4 is 0 Å². The molecule has 2 heteroatoms. The van der Waals surface area contributed by atoms with Crippen molar-refractivity contribution in [2.45, 2.75) is 39.7 Å². The minimum absolute atomic E-state index is 0.514. The second kappa shape index (κ2) is 4.62. The van der Waals surface area contributed by atoms with Crippen LogP contribution in [0.1, 0.15) is 33.6 Å². The van der Waals surface area contributed by atoms with Gasteiger partial charge in [-0.2, -0.15) is 5.26 Å². The second-order valence-corrected chi connectivity index (χ2v) is 4.38. The summed E-state index contributed by atoms with van der Waals surface area (Å²) in [5, 5.41) is 8.63. The van der Waals surface area contributed by atoms with Crippen LogP contribution in [-0.2, 0) is 0 Å². The Morgan fingerprint density at radius 2 is 2.08 bits per heavy atom. The highest BCUT2D eigenvalue weighted by Crippen LogP contribution is 2.27. The van der Waals surface area contributed by atoms with Gasteiger partial charge in [0.2, 0.25) is 0 Å². The van der Waals surface area contributed by atoms with Crippen molar-refractivity contribution in [2.75, 3.05) is 13.1 Å². The van der Waals surface area contributed by atoms with E-state index in [-0.39, 0.29) is 0 Å². The lowest BCUT2D eigenvalue weighted by molar-refractivity contribution is 0.0278. The topological polar surface area (TPSA) is 27.0 Å². The van der Waals surface area contributed by atoms with Crippen LogP contribution in [0.4, 0.5) is 0 Å². The van der Waals surface area contributed by atoms with Gasteiger partial charge in [-0.1, -0.05) is 20.8 Å². The molecule has 1 heterocycles. The normalized spacial score (nSPS) is 21.2. The molecule has 0 aromatic carbocycles. The average Bonchev–Trinajstić information content (AvgIpc) is 1.99. The maximum Gasteiger partial charge on any atom is 0.0638 e. The predicted octanol–water partition coefficient (Wildman–Crippen LogP) is 2.27. The Hall–Kier alpha value is -0.550. The summed E-state index contributed by atoms with van der Waals surface area (Å²) in [7, 11) is 0. The summed E-state index contributed by atoms with van der Waals surface area (Å²) in [6.45, 7) is 9.15. The van der Waals surface area contributed by atoms with Gasteiger partial charge in [0.15, 0.2) is 0 Å². The maximum absolute atomic E-state index is 8.63. The van der Waals surface area contributed by atoms with Gasteiger partial charge in [-0.25, -0.2) is 0 Å². The van der Waals surface area contributed by atoms with Gasteiger partial charge in [0.1, 0.15) is 0 Å². The lowest BCUT2D eigenvalue weighted by Crippen LogP contribution is -2.53. The first kappa shape index (κ1) is 10.5. The molecule has 1 atom stereocenters. The van der Waals surface area contributed by atoms with Gasteiger partial charge < -0.3 is 0 Å². The molecular formula is C11H20N2. The molecule has 0 spiro atoms. The van der Waals surface area contributed by atoms with Crippen molar-refractivity contribution in [3.8, 4) is 6.07 Å². The molecule has 1 fully saturated rings. The van der Waals surface area contributed by atoms with Crippen molar-refractivity contribution in [2.24, 2.45) is 11.8 Å². The van der Waals surface area contributed by atoms with Crippen molar-refractivity contribution in [1.82, 2.24) is 4.90 Å². The molecule has 0 aliphatic carbocycles. The maximum atomic E-state index is 8.63. The molecule has 0 saturated carbocycles. The summed E-state index contributed by atoms with van der Waals surface area (Å²) in [6, 6.07) is 2.78. The molecule has 1 aliphatic heterocycles. The van der Waals surface area contributed by atoms with Gasteiger partial charge in [-0.05, 0) is 18.3 Å². The molecule has 0 amide bonds. The number of hydrogen-bond acceptors (Lipinski definition) is 2. The van der Waals surface area contributed by atoms with Crippen LogP contribution in [0.3, 0.4) is 0 Å². The standard InChI is InChI=1S/C11H20N2/c1-4-11(5-6-12)13-7-10(8-13)9(2)3/h9-11H,4-5,7-8H2,1-3H3. The molecule has 2 nitrogen and oxygen atoms in total. The highest BCUT2D eigenvalue weighted by Gasteiger charge is 2.32. The molecule has 0 aromatic heterocycles. The molecule has 0 aromatic rings. The molecule has 1 aliphatic rings. The minimum Gasteiger partial charge on any atom is -0.299 e. The van der Waals surface area contributed by atoms with Crippen molar-refractivity contribution < 1.29 is 0 Å². The Kier molecular flexibility index (Phi) is 3.74. The van der Waals surface area contributed by atoms with Crippen LogP contribution >= 0.6 is 0 Å². The highest BCUT2D eigenvalue weighted by atomic mass is 15.2. The van der Waals surface area contributed by atoms with E-state index >= 15 is 0 Å². The predicted molar refractivity (Wildman–Crippen MR) is 54.2 cm³/mol. The molecule has 1 saturated heterocycles. The van der Waals surface area contributed by atoms with Crippen LogP contribution in [0.5, 0.6) is 0 Å². The Balaban J connectivity index is 2.29. The molecule has 1 rings (SSSR count). The molecule has 13 heavy (non-hydrogen) atoms. The largest absolute Gasteiger partial charge is 0.299 e. The third-order valence-electron chi connectivity index (χ3n) is 3.20. The third kappa shape index (κ3) is 2.45. The third-order valence-corrected chi connectivity index (χ3v) is 3.20. The Bertz CT molecular complexity index is 187. The zero-order valence-corrected chi connectivity index (χ0v) is 8.95. The van der Waals surface area contributed by atoms with Crippen LogP contribution in [0.25, 0.3) is 0 Å². The van der Waals surface area contributed by atoms with Gasteiger partial charge in [0.05, 0.1) is 12.5 Å². The monoisotopic (exact) mass is 180 g/mol. The molecule has 0 N–H and O–H groups in total. The van der Waals surface area contributed by atoms with Crippen LogP contribution in [0.2, 0.25) is 0 Å². The van der Waals surface area contributed by atoms with E-state index in [9.17, 15) is 0 Å². The van der Waals surface area contributed by atoms with Gasteiger partial charge in [-0.3, -0.25) is 4.90 Å². The van der Waals surface area contributed by atoms with Crippen molar-refractivity contribution in [3.05, 3.63) is 0 Å². The zero-order chi connectivity index (χ0) is 9.84. The highest BCUT2D eigenvalue weighted by molar-refractivity contribution is 4.90. The van der Waals surface area contributed by atoms with E-state index in [1.54, 1.807) is 0 Å². The van der Waals surface area contributed by atoms with Gasteiger partial charge in [0, 0.05) is 19.1 Å². The van der Waals surface area contributed by atoms with E-state index in [1.807, 2.05) is 0 Å². The SMILES string of the molecule is CCC(CC#N)N1CC(C(C)C)C1. The summed E-state index contributed by atoms with van der Waals surface area (Å²) in [5.74, 6) is 1.67. The lowest BCUT2D eigenvalue weighted by atomic mass is 9.86. The molecule has 1 unspecified atom stereocenters. The lowest BCUT2D eigenvalue weighted by Gasteiger charge is -2.45. The quantitative estimate of drug-likeness (QED) is 0.663. The summed E-state index contributed by atoms with van der Waals surface area (Å²) in [6.07, 6.45) is 1.81. The smallest absolute Gasteiger partial charge is 0.0638 e. The molecule has 0 bridgehead atoms. The van der Waals surface area contributed by atoms with Crippen LogP contribution in [0, 0.1) is 23.2 Å². The van der Waals surface area contributed by atoms with E-state index in [0.29, 0.717) is 12.5 Å². The molecular weight excluding hydrogens is 160 g/mol. The van der Waals surface area contributed by atoms with Crippen LogP contribution in [-0.4, -0.2) is 24.0 Å². The fraction of sp³-hybridized carbons (Fsp3) is 0.909. The zero-order valence-electron chi connectivity index (χ0n) is 8.95. The number of hydrogen-bond donors (Lipinski definition) is 0. The first-order chi connectivity index (χ1) is 6.19. The van der Waals surface area contributed by atoms with E-state index in [1.165, 1.54) is 13.1 Å². The Morgan fingerprint density at radius 3 is 2.46 bits per heavy atom. The Labute approximate surface area is 81.5 Å². The van der Waals surface area contributed by atoms with Crippen molar-refractivity contribution in [1.29, 1.82) is 5.26 Å². The minimum atomic E-state index is 0.514. The first-order valence-corrected chi connectivity index (χ1v) is 5.30. The number of likely N-dealkylation sites (tertiary alicyclic amines) is 1. The summed E-state index contributed by atoms with van der Waals surface area (Å²) in [5.41, 5.74) is 0. The number of nitrogens with zero attached hydrogens (tertiary/aromatic N) is 2. The van der Waals surface area contributed by atoms with Gasteiger partial charge in [-0.15, -0.1) is 0 Å². The van der Waals surface area contributed by atoms with Crippen molar-refractivity contribution in [3.63, 3.8) is 0 Å².